The van der Waals surface area contributed by atoms with Crippen LogP contribution < -0.4 is 16.0 Å². The van der Waals surface area contributed by atoms with E-state index in [1.807, 2.05) is 12.1 Å². The van der Waals surface area contributed by atoms with Gasteiger partial charge in [0, 0.05) is 45.5 Å². The van der Waals surface area contributed by atoms with Crippen LogP contribution in [-0.2, 0) is 6.54 Å². The highest BCUT2D eigenvalue weighted by Crippen LogP contribution is 2.15. The molecule has 2 rings (SSSR count). The van der Waals surface area contributed by atoms with Crippen LogP contribution in [0.15, 0.2) is 24.3 Å². The van der Waals surface area contributed by atoms with Crippen molar-refractivity contribution in [2.24, 2.45) is 5.73 Å². The van der Waals surface area contributed by atoms with E-state index in [0.717, 1.165) is 38.4 Å². The third-order valence-electron chi connectivity index (χ3n) is 3.27. The quantitative estimate of drug-likeness (QED) is 0.823. The summed E-state index contributed by atoms with van der Waals surface area (Å²) in [6, 6.07) is 7.53. The summed E-state index contributed by atoms with van der Waals surface area (Å²) in [6.45, 7) is 5.25. The number of hydrogen-bond donors (Lipinski definition) is 2. The number of primary amides is 1. The molecule has 98 valence electrons. The van der Waals surface area contributed by atoms with Crippen LogP contribution in [-0.4, -0.2) is 44.2 Å². The third kappa shape index (κ3) is 3.21. The second-order valence-corrected chi connectivity index (χ2v) is 4.59. The summed E-state index contributed by atoms with van der Waals surface area (Å²) in [5.41, 5.74) is 7.32. The van der Waals surface area contributed by atoms with E-state index in [1.165, 1.54) is 10.5 Å². The molecule has 1 aliphatic heterocycles. The molecule has 0 saturated carbocycles. The van der Waals surface area contributed by atoms with Gasteiger partial charge in [0.05, 0.1) is 0 Å². The maximum Gasteiger partial charge on any atom is 0.318 e. The lowest BCUT2D eigenvalue weighted by molar-refractivity contribution is 0.233. The van der Waals surface area contributed by atoms with Crippen molar-refractivity contribution in [1.29, 1.82) is 0 Å². The van der Waals surface area contributed by atoms with Gasteiger partial charge in [-0.3, -0.25) is 9.80 Å². The largest absolute Gasteiger partial charge is 0.351 e. The summed E-state index contributed by atoms with van der Waals surface area (Å²) >= 11 is 0. The lowest BCUT2D eigenvalue weighted by Crippen LogP contribution is -2.42. The van der Waals surface area contributed by atoms with Crippen molar-refractivity contribution < 1.29 is 4.79 Å². The zero-order valence-electron chi connectivity index (χ0n) is 10.7. The van der Waals surface area contributed by atoms with Gasteiger partial charge >= 0.3 is 6.03 Å². The number of rotatable bonds is 3. The van der Waals surface area contributed by atoms with Crippen molar-refractivity contribution in [3.63, 3.8) is 0 Å². The van der Waals surface area contributed by atoms with Gasteiger partial charge in [-0.15, -0.1) is 0 Å². The summed E-state index contributed by atoms with van der Waals surface area (Å²) in [4.78, 5) is 14.9. The molecule has 1 fully saturated rings. The lowest BCUT2D eigenvalue weighted by Gasteiger charge is -2.27. The number of nitrogens with two attached hydrogens (primary N) is 1. The van der Waals surface area contributed by atoms with Crippen LogP contribution in [0.25, 0.3) is 0 Å². The minimum Gasteiger partial charge on any atom is -0.351 e. The molecule has 1 aromatic carbocycles. The second kappa shape index (κ2) is 5.84. The fraction of sp³-hybridized carbons (Fsp3) is 0.462. The number of nitrogens with one attached hydrogen (secondary N) is 1. The molecule has 1 heterocycles. The van der Waals surface area contributed by atoms with E-state index in [2.05, 4.69) is 22.3 Å². The number of carbonyl (C=O) groups excluding carboxylic acids is 1. The lowest BCUT2D eigenvalue weighted by atomic mass is 10.1. The summed E-state index contributed by atoms with van der Waals surface area (Å²) in [5, 5.41) is 3.34. The van der Waals surface area contributed by atoms with Crippen LogP contribution in [0, 0.1) is 0 Å². The monoisotopic (exact) mass is 248 g/mol. The number of carbonyl (C=O) groups is 1. The number of anilines is 1. The molecular weight excluding hydrogens is 228 g/mol. The Morgan fingerprint density at radius 1 is 1.33 bits per heavy atom. The van der Waals surface area contributed by atoms with Crippen LogP contribution in [0.1, 0.15) is 5.56 Å². The van der Waals surface area contributed by atoms with Gasteiger partial charge in [0.25, 0.3) is 0 Å². The average Bonchev–Trinajstić information content (AvgIpc) is 2.40. The molecule has 2 amide bonds. The maximum atomic E-state index is 11.0. The number of piperazine rings is 1. The summed E-state index contributed by atoms with van der Waals surface area (Å²) in [6.07, 6.45) is 0. The maximum absolute atomic E-state index is 11.0. The van der Waals surface area contributed by atoms with Crippen molar-refractivity contribution in [3.05, 3.63) is 29.8 Å². The Hall–Kier alpha value is -1.59. The highest BCUT2D eigenvalue weighted by molar-refractivity contribution is 5.89. The number of hydrogen-bond acceptors (Lipinski definition) is 3. The standard InChI is InChI=1S/C13H20N4O/c1-16(13(14)18)12-4-2-11(3-5-12)10-17-8-6-15-7-9-17/h2-5,15H,6-10H2,1H3,(H2,14,18). The Balaban J connectivity index is 1.96. The number of nitrogens with zero attached hydrogens (tertiary/aromatic N) is 2. The third-order valence-corrected chi connectivity index (χ3v) is 3.27. The zero-order valence-corrected chi connectivity index (χ0v) is 10.7. The summed E-state index contributed by atoms with van der Waals surface area (Å²) in [5.74, 6) is 0. The van der Waals surface area contributed by atoms with E-state index in [4.69, 9.17) is 5.73 Å². The molecular formula is C13H20N4O. The number of benzene rings is 1. The molecule has 0 atom stereocenters. The van der Waals surface area contributed by atoms with Gasteiger partial charge in [-0.25, -0.2) is 4.79 Å². The van der Waals surface area contributed by atoms with Crippen molar-refractivity contribution in [2.45, 2.75) is 6.54 Å². The minimum absolute atomic E-state index is 0.440. The fourth-order valence-electron chi connectivity index (χ4n) is 2.08. The van der Waals surface area contributed by atoms with Crippen molar-refractivity contribution in [2.75, 3.05) is 38.1 Å². The first-order valence-corrected chi connectivity index (χ1v) is 6.22. The first-order valence-electron chi connectivity index (χ1n) is 6.22. The molecule has 1 saturated heterocycles. The molecule has 0 aromatic heterocycles. The van der Waals surface area contributed by atoms with Gasteiger partial charge in [0.2, 0.25) is 0 Å². The summed E-state index contributed by atoms with van der Waals surface area (Å²) in [7, 11) is 1.67. The smallest absolute Gasteiger partial charge is 0.318 e. The number of urea groups is 1. The topological polar surface area (TPSA) is 61.6 Å². The van der Waals surface area contributed by atoms with Crippen LogP contribution in [0.2, 0.25) is 0 Å². The Kier molecular flexibility index (Phi) is 4.17. The Labute approximate surface area is 108 Å². The van der Waals surface area contributed by atoms with Crippen molar-refractivity contribution in [1.82, 2.24) is 10.2 Å². The molecule has 1 aliphatic rings. The van der Waals surface area contributed by atoms with Gasteiger partial charge in [-0.05, 0) is 17.7 Å². The second-order valence-electron chi connectivity index (χ2n) is 4.59. The van der Waals surface area contributed by atoms with Crippen molar-refractivity contribution >= 4 is 11.7 Å². The molecule has 0 aliphatic carbocycles. The predicted octanol–water partition coefficient (Wildman–Crippen LogP) is 0.607. The number of amides is 2. The predicted molar refractivity (Wildman–Crippen MR) is 72.6 cm³/mol. The molecule has 0 unspecified atom stereocenters. The van der Waals surface area contributed by atoms with Crippen molar-refractivity contribution in [3.8, 4) is 0 Å². The Morgan fingerprint density at radius 3 is 2.50 bits per heavy atom. The summed E-state index contributed by atoms with van der Waals surface area (Å²) < 4.78 is 0. The van der Waals surface area contributed by atoms with Crippen LogP contribution >= 0.6 is 0 Å². The van der Waals surface area contributed by atoms with Crippen LogP contribution in [0.5, 0.6) is 0 Å². The average molecular weight is 248 g/mol. The molecule has 3 N–H and O–H groups in total. The molecule has 1 aromatic rings. The van der Waals surface area contributed by atoms with E-state index in [9.17, 15) is 4.79 Å². The van der Waals surface area contributed by atoms with Crippen LogP contribution in [0.3, 0.4) is 0 Å². The van der Waals surface area contributed by atoms with Gasteiger partial charge in [-0.1, -0.05) is 12.1 Å². The Morgan fingerprint density at radius 2 is 1.94 bits per heavy atom. The first kappa shape index (κ1) is 12.9. The molecule has 0 bridgehead atoms. The minimum atomic E-state index is -0.440. The normalized spacial score (nSPS) is 16.5. The highest BCUT2D eigenvalue weighted by atomic mass is 16.2. The highest BCUT2D eigenvalue weighted by Gasteiger charge is 2.10. The molecule has 18 heavy (non-hydrogen) atoms. The fourth-order valence-corrected chi connectivity index (χ4v) is 2.08. The van der Waals surface area contributed by atoms with Gasteiger partial charge < -0.3 is 11.1 Å². The zero-order chi connectivity index (χ0) is 13.0. The molecule has 0 spiro atoms. The SMILES string of the molecule is CN(C(N)=O)c1ccc(CN2CCNCC2)cc1. The van der Waals surface area contributed by atoms with E-state index in [-0.39, 0.29) is 0 Å². The van der Waals surface area contributed by atoms with Gasteiger partial charge in [0.15, 0.2) is 0 Å². The van der Waals surface area contributed by atoms with E-state index in [1.54, 1.807) is 7.05 Å². The Bertz CT molecular complexity index is 398. The molecule has 5 heteroatoms. The van der Waals surface area contributed by atoms with E-state index >= 15 is 0 Å². The van der Waals surface area contributed by atoms with E-state index in [0.29, 0.717) is 0 Å². The molecule has 5 nitrogen and oxygen atoms in total. The molecule has 0 radical (unpaired) electrons. The first-order chi connectivity index (χ1) is 8.66. The van der Waals surface area contributed by atoms with Gasteiger partial charge in [-0.2, -0.15) is 0 Å². The van der Waals surface area contributed by atoms with Crippen LogP contribution in [0.4, 0.5) is 10.5 Å². The van der Waals surface area contributed by atoms with E-state index < -0.39 is 6.03 Å². The van der Waals surface area contributed by atoms with Gasteiger partial charge in [0.1, 0.15) is 0 Å².